The molecular weight excluding hydrogens is 550 g/mol. The summed E-state index contributed by atoms with van der Waals surface area (Å²) in [7, 11) is 0. The highest BCUT2D eigenvalue weighted by Crippen LogP contribution is 2.30. The second kappa shape index (κ2) is 13.6. The van der Waals surface area contributed by atoms with Gasteiger partial charge in [0.2, 0.25) is 5.69 Å². The van der Waals surface area contributed by atoms with Crippen molar-refractivity contribution in [2.45, 2.75) is 44.8 Å². The number of ketones is 1. The van der Waals surface area contributed by atoms with E-state index < -0.39 is 0 Å². The molecule has 0 bridgehead atoms. The molecule has 3 heterocycles. The third-order valence-electron chi connectivity index (χ3n) is 8.04. The summed E-state index contributed by atoms with van der Waals surface area (Å²) in [6, 6.07) is 18.3. The van der Waals surface area contributed by atoms with Crippen LogP contribution in [-0.4, -0.2) is 58.8 Å². The molecule has 3 aromatic rings. The number of halogens is 1. The number of piperidine rings is 2. The number of ether oxygens (including phenoxy) is 1. The van der Waals surface area contributed by atoms with Crippen molar-refractivity contribution in [1.29, 1.82) is 5.26 Å². The van der Waals surface area contributed by atoms with Crippen molar-refractivity contribution in [3.05, 3.63) is 99.6 Å². The van der Waals surface area contributed by atoms with E-state index in [1.165, 1.54) is 11.8 Å². The Balaban J connectivity index is 1.05. The van der Waals surface area contributed by atoms with Crippen LogP contribution in [0.15, 0.2) is 60.8 Å². The first-order valence-electron chi connectivity index (χ1n) is 14.3. The van der Waals surface area contributed by atoms with Crippen molar-refractivity contribution in [2.24, 2.45) is 5.92 Å². The van der Waals surface area contributed by atoms with Crippen molar-refractivity contribution in [3.8, 4) is 11.8 Å². The summed E-state index contributed by atoms with van der Waals surface area (Å²) in [6.45, 7) is 10.9. The van der Waals surface area contributed by atoms with Gasteiger partial charge in [-0.25, -0.2) is 4.85 Å². The van der Waals surface area contributed by atoms with E-state index in [0.717, 1.165) is 32.5 Å². The van der Waals surface area contributed by atoms with Crippen LogP contribution < -0.4 is 4.74 Å². The maximum Gasteiger partial charge on any atom is 0.255 e. The van der Waals surface area contributed by atoms with E-state index in [1.807, 2.05) is 24.3 Å². The standard InChI is InChI=1S/C33H32ClN5O3/c1-36-30-9-7-28(19-29(30)34)42-27-12-16-39(17-13-27)33(41)26-6-8-31(37-21-26)32(40)18-23-10-14-38(15-11-23)22-25-4-2-24(20-35)3-5-25/h2-9,19,21,23,27H,10-18,22H2. The van der Waals surface area contributed by atoms with E-state index in [4.69, 9.17) is 28.2 Å². The SMILES string of the molecule is [C-]#[N+]c1ccc(OC2CCN(C(=O)c3ccc(C(=O)CC4CCN(Cc5ccc(C#N)cc5)CC4)nc3)CC2)cc1Cl. The molecule has 214 valence electrons. The van der Waals surface area contributed by atoms with Crippen LogP contribution in [0.25, 0.3) is 4.85 Å². The Morgan fingerprint density at radius 3 is 2.38 bits per heavy atom. The minimum absolute atomic E-state index is 0.0158. The molecule has 0 aliphatic carbocycles. The highest BCUT2D eigenvalue weighted by atomic mass is 35.5. The van der Waals surface area contributed by atoms with E-state index in [2.05, 4.69) is 20.8 Å². The van der Waals surface area contributed by atoms with Crippen LogP contribution in [0.2, 0.25) is 5.02 Å². The smallest absolute Gasteiger partial charge is 0.255 e. The van der Waals surface area contributed by atoms with Gasteiger partial charge in [0.15, 0.2) is 5.78 Å². The topological polar surface area (TPSA) is 90.9 Å². The number of nitrogens with zero attached hydrogens (tertiary/aromatic N) is 5. The number of hydrogen-bond acceptors (Lipinski definition) is 6. The second-order valence-electron chi connectivity index (χ2n) is 10.9. The van der Waals surface area contributed by atoms with Crippen LogP contribution in [0.3, 0.4) is 0 Å². The average molecular weight is 582 g/mol. The van der Waals surface area contributed by atoms with Crippen LogP contribution in [0.4, 0.5) is 5.69 Å². The fourth-order valence-corrected chi connectivity index (χ4v) is 5.76. The van der Waals surface area contributed by atoms with Gasteiger partial charge in [-0.2, -0.15) is 5.26 Å². The summed E-state index contributed by atoms with van der Waals surface area (Å²) < 4.78 is 6.03. The molecule has 9 heteroatoms. The lowest BCUT2D eigenvalue weighted by Crippen LogP contribution is -2.41. The van der Waals surface area contributed by atoms with Crippen LogP contribution in [0.1, 0.15) is 64.1 Å². The van der Waals surface area contributed by atoms with Gasteiger partial charge in [-0.15, -0.1) is 0 Å². The summed E-state index contributed by atoms with van der Waals surface area (Å²) in [4.78, 5) is 37.9. The zero-order chi connectivity index (χ0) is 29.5. The Labute approximate surface area is 251 Å². The number of likely N-dealkylation sites (tertiary alicyclic amines) is 2. The molecular formula is C33H32ClN5O3. The minimum Gasteiger partial charge on any atom is -0.490 e. The molecule has 1 aromatic heterocycles. The molecule has 2 fully saturated rings. The minimum atomic E-state index is -0.0981. The number of carbonyl (C=O) groups is 2. The summed E-state index contributed by atoms with van der Waals surface area (Å²) in [5.41, 5.74) is 3.13. The molecule has 5 rings (SSSR count). The van der Waals surface area contributed by atoms with E-state index in [9.17, 15) is 9.59 Å². The highest BCUT2D eigenvalue weighted by molar-refractivity contribution is 6.33. The molecule has 8 nitrogen and oxygen atoms in total. The van der Waals surface area contributed by atoms with Crippen LogP contribution in [0.5, 0.6) is 5.75 Å². The quantitative estimate of drug-likeness (QED) is 0.228. The van der Waals surface area contributed by atoms with E-state index in [1.54, 1.807) is 35.2 Å². The monoisotopic (exact) mass is 581 g/mol. The molecule has 2 aromatic carbocycles. The lowest BCUT2D eigenvalue weighted by molar-refractivity contribution is 0.0594. The molecule has 0 saturated carbocycles. The van der Waals surface area contributed by atoms with Gasteiger partial charge in [-0.3, -0.25) is 19.5 Å². The van der Waals surface area contributed by atoms with Crippen molar-refractivity contribution < 1.29 is 14.3 Å². The second-order valence-corrected chi connectivity index (χ2v) is 11.3. The predicted molar refractivity (Wildman–Crippen MR) is 160 cm³/mol. The number of amides is 1. The summed E-state index contributed by atoms with van der Waals surface area (Å²) in [6.07, 6.45) is 5.22. The largest absolute Gasteiger partial charge is 0.490 e. The highest BCUT2D eigenvalue weighted by Gasteiger charge is 2.26. The van der Waals surface area contributed by atoms with Crippen molar-refractivity contribution >= 4 is 29.0 Å². The van der Waals surface area contributed by atoms with E-state index in [-0.39, 0.29) is 17.8 Å². The number of nitriles is 1. The Morgan fingerprint density at radius 2 is 1.76 bits per heavy atom. The summed E-state index contributed by atoms with van der Waals surface area (Å²) in [5.74, 6) is 0.860. The zero-order valence-corrected chi connectivity index (χ0v) is 24.1. The molecule has 2 aliphatic rings. The fraction of sp³-hybridized carbons (Fsp3) is 0.364. The zero-order valence-electron chi connectivity index (χ0n) is 23.3. The first-order chi connectivity index (χ1) is 20.4. The number of pyridine rings is 1. The molecule has 0 atom stereocenters. The van der Waals surface area contributed by atoms with Crippen LogP contribution in [-0.2, 0) is 6.54 Å². The van der Waals surface area contributed by atoms with Crippen LogP contribution in [0, 0.1) is 23.8 Å². The number of benzene rings is 2. The van der Waals surface area contributed by atoms with Crippen LogP contribution >= 0.6 is 11.6 Å². The molecule has 1 amide bonds. The van der Waals surface area contributed by atoms with Crippen molar-refractivity contribution in [1.82, 2.24) is 14.8 Å². The Hall–Kier alpha value is -4.24. The van der Waals surface area contributed by atoms with Crippen molar-refractivity contribution in [2.75, 3.05) is 26.2 Å². The van der Waals surface area contributed by atoms with E-state index >= 15 is 0 Å². The normalized spacial score (nSPS) is 16.4. The number of carbonyl (C=O) groups excluding carboxylic acids is 2. The first-order valence-corrected chi connectivity index (χ1v) is 14.6. The molecule has 0 unspecified atom stereocenters. The molecule has 42 heavy (non-hydrogen) atoms. The Kier molecular flexibility index (Phi) is 9.48. The molecule has 0 spiro atoms. The van der Waals surface area contributed by atoms with Gasteiger partial charge in [0.1, 0.15) is 17.5 Å². The third kappa shape index (κ3) is 7.33. The number of rotatable bonds is 8. The number of hydrogen-bond donors (Lipinski definition) is 0. The van der Waals surface area contributed by atoms with Gasteiger partial charge in [0.05, 0.1) is 28.8 Å². The predicted octanol–water partition coefficient (Wildman–Crippen LogP) is 6.33. The molecule has 2 aliphatic heterocycles. The Bertz CT molecular complexity index is 1490. The van der Waals surface area contributed by atoms with Gasteiger partial charge >= 0.3 is 0 Å². The van der Waals surface area contributed by atoms with Gasteiger partial charge in [-0.05, 0) is 73.8 Å². The van der Waals surface area contributed by atoms with Crippen molar-refractivity contribution in [3.63, 3.8) is 0 Å². The average Bonchev–Trinajstić information content (AvgIpc) is 3.02. The fourth-order valence-electron chi connectivity index (χ4n) is 5.55. The molecule has 2 saturated heterocycles. The molecule has 0 radical (unpaired) electrons. The lowest BCUT2D eigenvalue weighted by atomic mass is 9.90. The van der Waals surface area contributed by atoms with E-state index in [0.29, 0.717) is 71.6 Å². The maximum atomic E-state index is 13.1. The van der Waals surface area contributed by atoms with Gasteiger partial charge in [0.25, 0.3) is 5.91 Å². The van der Waals surface area contributed by atoms with Gasteiger partial charge in [-0.1, -0.05) is 29.8 Å². The number of aromatic nitrogens is 1. The first kappa shape index (κ1) is 29.3. The molecule has 0 N–H and O–H groups in total. The third-order valence-corrected chi connectivity index (χ3v) is 8.34. The van der Waals surface area contributed by atoms with Gasteiger partial charge in [0, 0.05) is 45.1 Å². The summed E-state index contributed by atoms with van der Waals surface area (Å²) in [5, 5.41) is 9.33. The Morgan fingerprint density at radius 1 is 1.02 bits per heavy atom. The van der Waals surface area contributed by atoms with Gasteiger partial charge < -0.3 is 9.64 Å². The maximum absolute atomic E-state index is 13.1. The number of Topliss-reactive ketones (excluding diaryl/α,β-unsaturated/α-hetero) is 1. The lowest BCUT2D eigenvalue weighted by Gasteiger charge is -2.32. The summed E-state index contributed by atoms with van der Waals surface area (Å²) >= 11 is 6.11.